The van der Waals surface area contributed by atoms with Crippen molar-refractivity contribution in [2.45, 2.75) is 52.4 Å². The van der Waals surface area contributed by atoms with E-state index in [-0.39, 0.29) is 0 Å². The topological polar surface area (TPSA) is 12.5 Å². The first-order valence-electron chi connectivity index (χ1n) is 13.2. The quantitative estimate of drug-likeness (QED) is 0.156. The van der Waals surface area contributed by atoms with Gasteiger partial charge < -0.3 is 9.64 Å². The molecule has 0 aliphatic heterocycles. The number of nitrogens with zero attached hydrogens (tertiary/aromatic N) is 1. The third kappa shape index (κ3) is 8.87. The standard InChI is InChI=1S/C32H40ClNO/c1-3-34(4-2)25-15-7-5-6-8-16-26-35-30-23-21-28(22-24-30)31(27-17-11-9-12-18-27)32(33)29-19-13-10-14-20-29/h9-14,17-24H,3-8,15-16,25-26H2,1-2H3/b32-31-. The van der Waals surface area contributed by atoms with E-state index in [1.807, 2.05) is 48.5 Å². The number of halogens is 1. The fourth-order valence-corrected chi connectivity index (χ4v) is 4.69. The van der Waals surface area contributed by atoms with Gasteiger partial charge in [-0.15, -0.1) is 0 Å². The van der Waals surface area contributed by atoms with Crippen molar-refractivity contribution in [3.8, 4) is 5.75 Å². The maximum Gasteiger partial charge on any atom is 0.119 e. The molecule has 0 bridgehead atoms. The second kappa shape index (κ2) is 15.4. The molecule has 0 atom stereocenters. The minimum absolute atomic E-state index is 0.752. The average Bonchev–Trinajstić information content (AvgIpc) is 2.92. The van der Waals surface area contributed by atoms with Gasteiger partial charge in [-0.2, -0.15) is 0 Å². The van der Waals surface area contributed by atoms with Crippen LogP contribution < -0.4 is 4.74 Å². The van der Waals surface area contributed by atoms with Crippen molar-refractivity contribution in [1.29, 1.82) is 0 Å². The molecule has 0 aromatic heterocycles. The summed E-state index contributed by atoms with van der Waals surface area (Å²) in [5.41, 5.74) is 4.24. The van der Waals surface area contributed by atoms with Crippen molar-refractivity contribution in [2.24, 2.45) is 0 Å². The highest BCUT2D eigenvalue weighted by Gasteiger charge is 2.12. The lowest BCUT2D eigenvalue weighted by atomic mass is 9.95. The van der Waals surface area contributed by atoms with E-state index in [2.05, 4.69) is 55.1 Å². The van der Waals surface area contributed by atoms with Crippen LogP contribution in [0, 0.1) is 0 Å². The van der Waals surface area contributed by atoms with Crippen LogP contribution in [-0.2, 0) is 0 Å². The predicted molar refractivity (Wildman–Crippen MR) is 152 cm³/mol. The largest absolute Gasteiger partial charge is 0.494 e. The third-order valence-corrected chi connectivity index (χ3v) is 6.89. The van der Waals surface area contributed by atoms with Gasteiger partial charge >= 0.3 is 0 Å². The number of unbranched alkanes of at least 4 members (excludes halogenated alkanes) is 5. The minimum atomic E-state index is 0.752. The van der Waals surface area contributed by atoms with E-state index in [9.17, 15) is 0 Å². The van der Waals surface area contributed by atoms with Crippen LogP contribution in [-0.4, -0.2) is 31.1 Å². The van der Waals surface area contributed by atoms with Crippen molar-refractivity contribution in [1.82, 2.24) is 4.90 Å². The predicted octanol–water partition coefficient (Wildman–Crippen LogP) is 8.90. The zero-order valence-corrected chi connectivity index (χ0v) is 22.1. The van der Waals surface area contributed by atoms with Gasteiger partial charge in [-0.3, -0.25) is 0 Å². The SMILES string of the molecule is CCN(CC)CCCCCCCCOc1ccc(/C(=C(\Cl)c2ccccc2)c2ccccc2)cc1. The molecule has 3 aromatic rings. The zero-order valence-electron chi connectivity index (χ0n) is 21.4. The van der Waals surface area contributed by atoms with Gasteiger partial charge in [-0.25, -0.2) is 0 Å². The van der Waals surface area contributed by atoms with Crippen LogP contribution in [0.3, 0.4) is 0 Å². The smallest absolute Gasteiger partial charge is 0.119 e. The second-order valence-electron chi connectivity index (χ2n) is 8.94. The second-order valence-corrected chi connectivity index (χ2v) is 9.32. The molecule has 2 nitrogen and oxygen atoms in total. The minimum Gasteiger partial charge on any atom is -0.494 e. The Morgan fingerprint density at radius 2 is 1.14 bits per heavy atom. The third-order valence-electron chi connectivity index (χ3n) is 6.48. The molecule has 186 valence electrons. The molecule has 0 aliphatic carbocycles. The van der Waals surface area contributed by atoms with E-state index in [0.29, 0.717) is 0 Å². The zero-order chi connectivity index (χ0) is 24.7. The summed E-state index contributed by atoms with van der Waals surface area (Å²) in [5.74, 6) is 0.913. The van der Waals surface area contributed by atoms with E-state index >= 15 is 0 Å². The van der Waals surface area contributed by atoms with Crippen molar-refractivity contribution >= 4 is 22.2 Å². The Morgan fingerprint density at radius 3 is 1.74 bits per heavy atom. The maximum atomic E-state index is 6.92. The van der Waals surface area contributed by atoms with E-state index in [0.717, 1.165) is 46.1 Å². The van der Waals surface area contributed by atoms with E-state index in [4.69, 9.17) is 16.3 Å². The van der Waals surface area contributed by atoms with Crippen LogP contribution in [0.5, 0.6) is 5.75 Å². The Kier molecular flexibility index (Phi) is 11.9. The van der Waals surface area contributed by atoms with Crippen molar-refractivity contribution in [3.63, 3.8) is 0 Å². The number of rotatable bonds is 15. The Morgan fingerprint density at radius 1 is 0.629 bits per heavy atom. The molecular weight excluding hydrogens is 450 g/mol. The molecule has 0 aliphatic rings. The molecule has 0 heterocycles. The first kappa shape index (κ1) is 27.0. The molecule has 0 amide bonds. The Balaban J connectivity index is 1.50. The van der Waals surface area contributed by atoms with Crippen LogP contribution in [0.25, 0.3) is 10.6 Å². The molecule has 0 saturated heterocycles. The normalized spacial score (nSPS) is 12.0. The van der Waals surface area contributed by atoms with Gasteiger partial charge in [0.1, 0.15) is 5.75 Å². The molecule has 0 unspecified atom stereocenters. The lowest BCUT2D eigenvalue weighted by Gasteiger charge is -2.17. The van der Waals surface area contributed by atoms with Crippen LogP contribution in [0.2, 0.25) is 0 Å². The van der Waals surface area contributed by atoms with Gasteiger partial charge in [0.25, 0.3) is 0 Å². The summed E-state index contributed by atoms with van der Waals surface area (Å²) in [6.07, 6.45) is 7.61. The summed E-state index contributed by atoms with van der Waals surface area (Å²) in [4.78, 5) is 2.51. The summed E-state index contributed by atoms with van der Waals surface area (Å²) in [6.45, 7) is 8.83. The van der Waals surface area contributed by atoms with Crippen LogP contribution >= 0.6 is 11.6 Å². The molecular formula is C32H40ClNO. The molecule has 0 radical (unpaired) electrons. The van der Waals surface area contributed by atoms with Gasteiger partial charge in [0, 0.05) is 5.57 Å². The van der Waals surface area contributed by atoms with Crippen molar-refractivity contribution in [3.05, 3.63) is 102 Å². The number of benzene rings is 3. The first-order chi connectivity index (χ1) is 17.2. The fraction of sp³-hybridized carbons (Fsp3) is 0.375. The van der Waals surface area contributed by atoms with Gasteiger partial charge in [-0.1, -0.05) is 124 Å². The van der Waals surface area contributed by atoms with Gasteiger partial charge in [0.2, 0.25) is 0 Å². The van der Waals surface area contributed by atoms with E-state index < -0.39 is 0 Å². The van der Waals surface area contributed by atoms with Gasteiger partial charge in [0.05, 0.1) is 11.6 Å². The monoisotopic (exact) mass is 489 g/mol. The number of hydrogen-bond donors (Lipinski definition) is 0. The van der Waals surface area contributed by atoms with Gasteiger partial charge in [-0.05, 0) is 61.3 Å². The molecule has 0 N–H and O–H groups in total. The van der Waals surface area contributed by atoms with Crippen LogP contribution in [0.15, 0.2) is 84.9 Å². The number of ether oxygens (including phenoxy) is 1. The highest BCUT2D eigenvalue weighted by Crippen LogP contribution is 2.35. The summed E-state index contributed by atoms with van der Waals surface area (Å²) < 4.78 is 6.02. The Hall–Kier alpha value is -2.55. The number of hydrogen-bond acceptors (Lipinski definition) is 2. The molecule has 0 fully saturated rings. The Labute approximate surface area is 217 Å². The first-order valence-corrected chi connectivity index (χ1v) is 13.6. The molecule has 3 rings (SSSR count). The summed E-state index contributed by atoms with van der Waals surface area (Å²) in [7, 11) is 0. The van der Waals surface area contributed by atoms with Crippen molar-refractivity contribution in [2.75, 3.05) is 26.2 Å². The summed E-state index contributed by atoms with van der Waals surface area (Å²) >= 11 is 6.92. The van der Waals surface area contributed by atoms with Crippen molar-refractivity contribution < 1.29 is 4.74 Å². The fourth-order valence-electron chi connectivity index (χ4n) is 4.35. The molecule has 35 heavy (non-hydrogen) atoms. The van der Waals surface area contributed by atoms with Crippen LogP contribution in [0.4, 0.5) is 0 Å². The average molecular weight is 490 g/mol. The lowest BCUT2D eigenvalue weighted by Crippen LogP contribution is -2.23. The Bertz CT molecular complexity index is 995. The molecule has 0 spiro atoms. The molecule has 3 aromatic carbocycles. The van der Waals surface area contributed by atoms with Gasteiger partial charge in [0.15, 0.2) is 0 Å². The molecule has 3 heteroatoms. The lowest BCUT2D eigenvalue weighted by molar-refractivity contribution is 0.292. The summed E-state index contributed by atoms with van der Waals surface area (Å²) in [6, 6.07) is 28.8. The van der Waals surface area contributed by atoms with E-state index in [1.165, 1.54) is 51.7 Å². The van der Waals surface area contributed by atoms with E-state index in [1.54, 1.807) is 0 Å². The maximum absolute atomic E-state index is 6.92. The summed E-state index contributed by atoms with van der Waals surface area (Å²) in [5, 5.41) is 0.752. The molecule has 0 saturated carbocycles. The van der Waals surface area contributed by atoms with Crippen LogP contribution in [0.1, 0.15) is 69.1 Å². The highest BCUT2D eigenvalue weighted by molar-refractivity contribution is 6.53. The highest BCUT2D eigenvalue weighted by atomic mass is 35.5.